The fourth-order valence-corrected chi connectivity index (χ4v) is 5.66. The Hall–Kier alpha value is -3.92. The molecule has 10 heteroatoms. The number of rotatable bonds is 15. The minimum atomic E-state index is -4.28. The Morgan fingerprint density at radius 2 is 1.61 bits per heavy atom. The van der Waals surface area contributed by atoms with Crippen LogP contribution in [0.2, 0.25) is 0 Å². The Morgan fingerprint density at radius 3 is 2.22 bits per heavy atom. The van der Waals surface area contributed by atoms with Crippen molar-refractivity contribution in [3.05, 3.63) is 90.2 Å². The highest BCUT2D eigenvalue weighted by Gasteiger charge is 2.32. The van der Waals surface area contributed by atoms with Gasteiger partial charge in [0.05, 0.1) is 17.2 Å². The molecule has 1 unspecified atom stereocenters. The maximum atomic E-state index is 13.9. The molecule has 1 N–H and O–H groups in total. The first kappa shape index (κ1) is 31.6. The van der Waals surface area contributed by atoms with Gasteiger partial charge in [0.2, 0.25) is 11.8 Å². The van der Waals surface area contributed by atoms with Gasteiger partial charge in [-0.3, -0.25) is 13.9 Å². The van der Waals surface area contributed by atoms with Crippen molar-refractivity contribution < 1.29 is 27.1 Å². The summed E-state index contributed by atoms with van der Waals surface area (Å²) in [4.78, 5) is 28.1. The third-order valence-corrected chi connectivity index (χ3v) is 8.39. The Bertz CT molecular complexity index is 1370. The second kappa shape index (κ2) is 15.2. The van der Waals surface area contributed by atoms with Crippen LogP contribution in [0.1, 0.15) is 39.2 Å². The Balaban J connectivity index is 1.95. The molecule has 0 radical (unpaired) electrons. The first-order valence-electron chi connectivity index (χ1n) is 13.8. The molecule has 0 saturated carbocycles. The van der Waals surface area contributed by atoms with E-state index in [0.717, 1.165) is 47.0 Å². The number of hydrogen-bond acceptors (Lipinski definition) is 5. The van der Waals surface area contributed by atoms with E-state index in [2.05, 4.69) is 5.32 Å². The lowest BCUT2D eigenvalue weighted by Gasteiger charge is -2.32. The molecule has 0 aliphatic carbocycles. The van der Waals surface area contributed by atoms with Gasteiger partial charge in [-0.05, 0) is 80.8 Å². The second-order valence-corrected chi connectivity index (χ2v) is 11.4. The van der Waals surface area contributed by atoms with Crippen LogP contribution in [-0.2, 0) is 26.0 Å². The summed E-state index contributed by atoms with van der Waals surface area (Å²) in [5, 5.41) is 2.87. The number of halogens is 1. The van der Waals surface area contributed by atoms with E-state index in [1.165, 1.54) is 4.90 Å². The first-order chi connectivity index (χ1) is 19.7. The summed E-state index contributed by atoms with van der Waals surface area (Å²) in [6.45, 7) is 6.05. The highest BCUT2D eigenvalue weighted by atomic mass is 32.2. The van der Waals surface area contributed by atoms with Crippen molar-refractivity contribution in [1.82, 2.24) is 10.2 Å². The van der Waals surface area contributed by atoms with Gasteiger partial charge < -0.3 is 15.0 Å². The standard InChI is InChI=1S/C31H38FN3O5S/c1-4-6-21-33-31(37)24(3)34(22-20-25-10-8-7-9-11-25)30(36)23-35(27-14-16-28(17-15-27)40-5-2)41(38,39)29-18-12-26(32)13-19-29/h7-19,24H,4-6,20-23H2,1-3H3,(H,33,37). The van der Waals surface area contributed by atoms with Gasteiger partial charge in [0, 0.05) is 13.1 Å². The van der Waals surface area contributed by atoms with E-state index >= 15 is 0 Å². The van der Waals surface area contributed by atoms with E-state index in [-0.39, 0.29) is 23.0 Å². The van der Waals surface area contributed by atoms with Crippen LogP contribution < -0.4 is 14.4 Å². The van der Waals surface area contributed by atoms with Crippen LogP contribution in [0.3, 0.4) is 0 Å². The summed E-state index contributed by atoms with van der Waals surface area (Å²) in [6.07, 6.45) is 2.19. The number of nitrogens with zero attached hydrogens (tertiary/aromatic N) is 2. The van der Waals surface area contributed by atoms with Crippen molar-refractivity contribution in [3.63, 3.8) is 0 Å². The fraction of sp³-hybridized carbons (Fsp3) is 0.355. The molecule has 0 aliphatic rings. The third kappa shape index (κ3) is 8.78. The lowest BCUT2D eigenvalue weighted by Crippen LogP contribution is -2.52. The molecule has 3 aromatic carbocycles. The molecule has 0 saturated heterocycles. The molecular weight excluding hydrogens is 545 g/mol. The number of ether oxygens (including phenoxy) is 1. The molecule has 0 bridgehead atoms. The van der Waals surface area contributed by atoms with E-state index in [0.29, 0.717) is 25.3 Å². The minimum Gasteiger partial charge on any atom is -0.494 e. The van der Waals surface area contributed by atoms with Gasteiger partial charge in [-0.25, -0.2) is 12.8 Å². The van der Waals surface area contributed by atoms with Gasteiger partial charge in [0.25, 0.3) is 10.0 Å². The van der Waals surface area contributed by atoms with Crippen molar-refractivity contribution in [1.29, 1.82) is 0 Å². The molecule has 0 aliphatic heterocycles. The summed E-state index contributed by atoms with van der Waals surface area (Å²) in [5.74, 6) is -0.890. The van der Waals surface area contributed by atoms with Crippen molar-refractivity contribution in [2.75, 3.05) is 30.5 Å². The Labute approximate surface area is 242 Å². The predicted octanol–water partition coefficient (Wildman–Crippen LogP) is 4.80. The molecule has 220 valence electrons. The van der Waals surface area contributed by atoms with Crippen LogP contribution in [0.15, 0.2) is 83.8 Å². The maximum Gasteiger partial charge on any atom is 0.264 e. The van der Waals surface area contributed by atoms with Crippen molar-refractivity contribution in [3.8, 4) is 5.75 Å². The molecule has 3 aromatic rings. The summed E-state index contributed by atoms with van der Waals surface area (Å²) in [5.41, 5.74) is 1.21. The van der Waals surface area contributed by atoms with Crippen molar-refractivity contribution >= 4 is 27.5 Å². The molecule has 0 fully saturated rings. The molecule has 1 atom stereocenters. The fourth-order valence-electron chi connectivity index (χ4n) is 4.24. The average Bonchev–Trinajstić information content (AvgIpc) is 2.97. The number of unbranched alkanes of at least 4 members (excludes halogenated alkanes) is 1. The van der Waals surface area contributed by atoms with E-state index in [1.807, 2.05) is 44.2 Å². The van der Waals surface area contributed by atoms with Crippen LogP contribution in [0, 0.1) is 5.82 Å². The third-order valence-electron chi connectivity index (χ3n) is 6.60. The van der Waals surface area contributed by atoms with Gasteiger partial charge in [-0.1, -0.05) is 43.7 Å². The van der Waals surface area contributed by atoms with Crippen LogP contribution in [0.5, 0.6) is 5.75 Å². The lowest BCUT2D eigenvalue weighted by atomic mass is 10.1. The molecule has 41 heavy (non-hydrogen) atoms. The number of benzene rings is 3. The van der Waals surface area contributed by atoms with Gasteiger partial charge >= 0.3 is 0 Å². The number of amides is 2. The number of anilines is 1. The number of nitrogens with one attached hydrogen (secondary N) is 1. The highest BCUT2D eigenvalue weighted by molar-refractivity contribution is 7.92. The van der Waals surface area contributed by atoms with E-state index in [4.69, 9.17) is 4.74 Å². The highest BCUT2D eigenvalue weighted by Crippen LogP contribution is 2.26. The summed E-state index contributed by atoms with van der Waals surface area (Å²) in [6, 6.07) is 19.5. The van der Waals surface area contributed by atoms with E-state index in [9.17, 15) is 22.4 Å². The molecule has 3 rings (SSSR count). The van der Waals surface area contributed by atoms with Crippen LogP contribution >= 0.6 is 0 Å². The van der Waals surface area contributed by atoms with Gasteiger partial charge in [-0.15, -0.1) is 0 Å². The Kier molecular flexibility index (Phi) is 11.7. The van der Waals surface area contributed by atoms with Gasteiger partial charge in [-0.2, -0.15) is 0 Å². The summed E-state index contributed by atoms with van der Waals surface area (Å²) in [7, 11) is -4.28. The lowest BCUT2D eigenvalue weighted by molar-refractivity contribution is -0.138. The number of sulfonamides is 1. The molecular formula is C31H38FN3O5S. The quantitative estimate of drug-likeness (QED) is 0.260. The normalized spacial score (nSPS) is 11.9. The van der Waals surface area contributed by atoms with Crippen molar-refractivity contribution in [2.45, 2.75) is 51.0 Å². The molecule has 0 aromatic heterocycles. The average molecular weight is 584 g/mol. The molecule has 0 spiro atoms. The zero-order chi connectivity index (χ0) is 29.8. The summed E-state index contributed by atoms with van der Waals surface area (Å²) < 4.78 is 47.7. The summed E-state index contributed by atoms with van der Waals surface area (Å²) >= 11 is 0. The van der Waals surface area contributed by atoms with Crippen LogP contribution in [0.25, 0.3) is 0 Å². The van der Waals surface area contributed by atoms with Gasteiger partial charge in [0.1, 0.15) is 24.2 Å². The number of hydrogen-bond donors (Lipinski definition) is 1. The Morgan fingerprint density at radius 1 is 0.951 bits per heavy atom. The smallest absolute Gasteiger partial charge is 0.264 e. The van der Waals surface area contributed by atoms with Crippen molar-refractivity contribution in [2.24, 2.45) is 0 Å². The minimum absolute atomic E-state index is 0.165. The number of carbonyl (C=O) groups is 2. The zero-order valence-electron chi connectivity index (χ0n) is 23.8. The first-order valence-corrected chi connectivity index (χ1v) is 15.2. The van der Waals surface area contributed by atoms with Gasteiger partial charge in [0.15, 0.2) is 0 Å². The van der Waals surface area contributed by atoms with Crippen LogP contribution in [-0.4, -0.2) is 57.4 Å². The topological polar surface area (TPSA) is 96.0 Å². The number of carbonyl (C=O) groups excluding carboxylic acids is 2. The SMILES string of the molecule is CCCCNC(=O)C(C)N(CCc1ccccc1)C(=O)CN(c1ccc(OCC)cc1)S(=O)(=O)c1ccc(F)cc1. The molecule has 0 heterocycles. The predicted molar refractivity (Wildman–Crippen MR) is 158 cm³/mol. The van der Waals surface area contributed by atoms with E-state index < -0.39 is 34.3 Å². The maximum absolute atomic E-state index is 13.9. The zero-order valence-corrected chi connectivity index (χ0v) is 24.6. The van der Waals surface area contributed by atoms with Crippen LogP contribution in [0.4, 0.5) is 10.1 Å². The molecule has 2 amide bonds. The second-order valence-electron chi connectivity index (χ2n) is 9.54. The largest absolute Gasteiger partial charge is 0.494 e. The monoisotopic (exact) mass is 583 g/mol. The van der Waals surface area contributed by atoms with E-state index in [1.54, 1.807) is 31.2 Å². The molecule has 8 nitrogen and oxygen atoms in total.